The molecule has 0 amide bonds. The molecule has 1 aromatic heterocycles. The number of amidine groups is 1. The molecular weight excluding hydrogens is 524 g/mol. The van der Waals surface area contributed by atoms with Crippen LogP contribution in [0.25, 0.3) is 11.3 Å². The molecule has 2 aromatic carbocycles. The molecule has 0 fully saturated rings. The van der Waals surface area contributed by atoms with Crippen molar-refractivity contribution >= 4 is 11.5 Å². The van der Waals surface area contributed by atoms with Crippen LogP contribution < -0.4 is 26.0 Å². The van der Waals surface area contributed by atoms with E-state index in [1.165, 1.54) is 0 Å². The zero-order valence-electron chi connectivity index (χ0n) is 24.8. The summed E-state index contributed by atoms with van der Waals surface area (Å²) in [6.45, 7) is 10.3. The van der Waals surface area contributed by atoms with Gasteiger partial charge in [-0.25, -0.2) is 9.79 Å². The van der Waals surface area contributed by atoms with E-state index >= 15 is 0 Å². The quantitative estimate of drug-likeness (QED) is 0.183. The lowest BCUT2D eigenvalue weighted by atomic mass is 9.97. The number of rotatable bonds is 9. The third-order valence-corrected chi connectivity index (χ3v) is 7.01. The molecule has 4 rings (SSSR count). The second-order valence-electron chi connectivity index (χ2n) is 10.6. The molecule has 0 bridgehead atoms. The molecule has 0 radical (unpaired) electrons. The summed E-state index contributed by atoms with van der Waals surface area (Å²) in [6, 6.07) is 9.92. The number of nitrogens with one attached hydrogen (secondary N) is 1. The number of aromatic nitrogens is 2. The summed E-state index contributed by atoms with van der Waals surface area (Å²) >= 11 is 0. The van der Waals surface area contributed by atoms with Crippen molar-refractivity contribution < 1.29 is 14.4 Å². The van der Waals surface area contributed by atoms with Gasteiger partial charge in [-0.2, -0.15) is 0 Å². The van der Waals surface area contributed by atoms with Crippen molar-refractivity contribution in [3.05, 3.63) is 78.7 Å². The average molecular weight is 563 g/mol. The van der Waals surface area contributed by atoms with Crippen LogP contribution in [0.2, 0.25) is 0 Å². The Kier molecular flexibility index (Phi) is 8.95. The second kappa shape index (κ2) is 12.4. The second-order valence-corrected chi connectivity index (χ2v) is 10.6. The van der Waals surface area contributed by atoms with Gasteiger partial charge in [0, 0.05) is 35.7 Å². The van der Waals surface area contributed by atoms with Gasteiger partial charge in [-0.3, -0.25) is 24.2 Å². The number of nitro groups is 1. The molecule has 0 atom stereocenters. The Morgan fingerprint density at radius 2 is 1.73 bits per heavy atom. The lowest BCUT2D eigenvalue weighted by molar-refractivity contribution is -0.463. The van der Waals surface area contributed by atoms with E-state index in [-0.39, 0.29) is 30.7 Å². The Morgan fingerprint density at radius 1 is 1.07 bits per heavy atom. The fourth-order valence-corrected chi connectivity index (χ4v) is 5.31. The zero-order valence-corrected chi connectivity index (χ0v) is 24.8. The summed E-state index contributed by atoms with van der Waals surface area (Å²) in [5.74, 6) is 1.50. The number of aryl methyl sites for hydroxylation is 4. The highest BCUT2D eigenvalue weighted by atomic mass is 16.6. The maximum Gasteiger partial charge on any atom is 0.330 e. The van der Waals surface area contributed by atoms with Gasteiger partial charge >= 0.3 is 5.69 Å². The lowest BCUT2D eigenvalue weighted by Gasteiger charge is -2.24. The minimum absolute atomic E-state index is 0.00976. The van der Waals surface area contributed by atoms with Crippen LogP contribution in [0.15, 0.2) is 45.1 Å². The highest BCUT2D eigenvalue weighted by Gasteiger charge is 2.22. The number of fused-ring (bicyclic) bond motifs is 3. The van der Waals surface area contributed by atoms with Gasteiger partial charge < -0.3 is 14.8 Å². The maximum atomic E-state index is 14.0. The summed E-state index contributed by atoms with van der Waals surface area (Å²) in [5.41, 5.74) is 6.91. The molecule has 0 aliphatic carbocycles. The Labute approximate surface area is 239 Å². The normalized spacial score (nSPS) is 13.2. The Hall–Kier alpha value is -4.41. The summed E-state index contributed by atoms with van der Waals surface area (Å²) in [4.78, 5) is 34.2. The summed E-state index contributed by atoms with van der Waals surface area (Å²) in [5, 5.41) is 14.2. The monoisotopic (exact) mass is 562 g/mol. The number of nitrogens with zero attached hydrogens (tertiary/aromatic N) is 5. The van der Waals surface area contributed by atoms with E-state index in [1.807, 2.05) is 52.8 Å². The van der Waals surface area contributed by atoms with E-state index in [0.29, 0.717) is 30.0 Å². The minimum Gasteiger partial charge on any atom is -0.493 e. The smallest absolute Gasteiger partial charge is 0.330 e. The van der Waals surface area contributed by atoms with E-state index < -0.39 is 11.5 Å². The van der Waals surface area contributed by atoms with Gasteiger partial charge in [0.1, 0.15) is 5.49 Å². The van der Waals surface area contributed by atoms with Gasteiger partial charge in [-0.15, -0.1) is 0 Å². The first-order valence-corrected chi connectivity index (χ1v) is 13.7. The van der Waals surface area contributed by atoms with Gasteiger partial charge in [0.05, 0.1) is 32.1 Å². The standard InChI is InChI=1S/C30H38N6O5/c1-18(2)32-27(17-36(38)39)31-9-11-35-28(33-29-20(4)12-19(3)13-21(29)5)16-24-23-15-26(41-7)25(40-6)14-22(23)8-10-34(24)30(35)37/h12-16,18H,8-11,17H2,1-7H3,(H,31,32). The van der Waals surface area contributed by atoms with Crippen molar-refractivity contribution in [1.82, 2.24) is 14.5 Å². The maximum absolute atomic E-state index is 14.0. The predicted molar refractivity (Wildman–Crippen MR) is 159 cm³/mol. The number of hydrogen-bond acceptors (Lipinski definition) is 7. The topological polar surface area (TPSA) is 125 Å². The van der Waals surface area contributed by atoms with Crippen LogP contribution in [0.1, 0.15) is 36.1 Å². The van der Waals surface area contributed by atoms with Crippen molar-refractivity contribution in [2.45, 2.75) is 60.2 Å². The van der Waals surface area contributed by atoms with Crippen LogP contribution in [0.4, 0.5) is 5.69 Å². The molecule has 11 heteroatoms. The van der Waals surface area contributed by atoms with Crippen molar-refractivity contribution in [2.24, 2.45) is 9.98 Å². The molecule has 2 heterocycles. The van der Waals surface area contributed by atoms with Crippen LogP contribution in [-0.4, -0.2) is 53.2 Å². The molecule has 1 aliphatic heterocycles. The van der Waals surface area contributed by atoms with Crippen LogP contribution in [0.5, 0.6) is 11.5 Å². The van der Waals surface area contributed by atoms with Gasteiger partial charge in [-0.05, 0) is 69.9 Å². The molecule has 0 unspecified atom stereocenters. The van der Waals surface area contributed by atoms with E-state index in [0.717, 1.165) is 39.2 Å². The van der Waals surface area contributed by atoms with Gasteiger partial charge in [0.2, 0.25) is 0 Å². The van der Waals surface area contributed by atoms with Crippen LogP contribution in [0.3, 0.4) is 0 Å². The summed E-state index contributed by atoms with van der Waals surface area (Å²) in [7, 11) is 3.19. The Morgan fingerprint density at radius 3 is 2.34 bits per heavy atom. The third-order valence-electron chi connectivity index (χ3n) is 7.01. The van der Waals surface area contributed by atoms with E-state index in [1.54, 1.807) is 23.4 Å². The first-order chi connectivity index (χ1) is 19.5. The molecule has 1 aliphatic rings. The number of aliphatic imine (C=N–C) groups is 1. The summed E-state index contributed by atoms with van der Waals surface area (Å²) in [6.07, 6.45) is 0.651. The van der Waals surface area contributed by atoms with Crippen molar-refractivity contribution in [3.63, 3.8) is 0 Å². The van der Waals surface area contributed by atoms with E-state index in [2.05, 4.69) is 22.4 Å². The number of hydrogen-bond donors (Lipinski definition) is 1. The molecule has 0 saturated heterocycles. The predicted octanol–water partition coefficient (Wildman–Crippen LogP) is 3.72. The minimum atomic E-state index is -0.417. The van der Waals surface area contributed by atoms with Gasteiger partial charge in [-0.1, -0.05) is 17.7 Å². The first-order valence-electron chi connectivity index (χ1n) is 13.7. The van der Waals surface area contributed by atoms with E-state index in [4.69, 9.17) is 14.5 Å². The first kappa shape index (κ1) is 29.6. The van der Waals surface area contributed by atoms with Gasteiger partial charge in [0.15, 0.2) is 17.3 Å². The van der Waals surface area contributed by atoms with E-state index in [9.17, 15) is 14.9 Å². The molecule has 0 spiro atoms. The SMILES string of the molecule is COc1cc2c(cc1OC)-c1cc(=Nc3c(C)cc(C)cc3C)n(CCN=C(C[N+](=O)[O-])NC(C)C)c(=O)n1CC2. The molecule has 3 aromatic rings. The highest BCUT2D eigenvalue weighted by molar-refractivity contribution is 5.83. The van der Waals surface area contributed by atoms with Crippen LogP contribution >= 0.6 is 0 Å². The van der Waals surface area contributed by atoms with Crippen molar-refractivity contribution in [1.29, 1.82) is 0 Å². The largest absolute Gasteiger partial charge is 0.493 e. The molecular formula is C30H38N6O5. The number of ether oxygens (including phenoxy) is 2. The van der Waals surface area contributed by atoms with Crippen molar-refractivity contribution in [3.8, 4) is 22.8 Å². The fraction of sp³-hybridized carbons (Fsp3) is 0.433. The lowest BCUT2D eigenvalue weighted by Crippen LogP contribution is -2.43. The molecule has 1 N–H and O–H groups in total. The zero-order chi connectivity index (χ0) is 29.8. The number of methoxy groups -OCH3 is 2. The Balaban J connectivity index is 1.90. The molecule has 41 heavy (non-hydrogen) atoms. The molecule has 0 saturated carbocycles. The van der Waals surface area contributed by atoms with Crippen LogP contribution in [0, 0.1) is 30.9 Å². The highest BCUT2D eigenvalue weighted by Crippen LogP contribution is 2.37. The fourth-order valence-electron chi connectivity index (χ4n) is 5.31. The molecule has 11 nitrogen and oxygen atoms in total. The average Bonchev–Trinajstić information content (AvgIpc) is 2.90. The third kappa shape index (κ3) is 6.50. The summed E-state index contributed by atoms with van der Waals surface area (Å²) < 4.78 is 14.4. The van der Waals surface area contributed by atoms with Crippen molar-refractivity contribution in [2.75, 3.05) is 27.3 Å². The van der Waals surface area contributed by atoms with Crippen LogP contribution in [-0.2, 0) is 19.5 Å². The molecule has 218 valence electrons. The number of benzene rings is 2. The Bertz CT molecular complexity index is 1610. The van der Waals surface area contributed by atoms with Gasteiger partial charge in [0.25, 0.3) is 6.54 Å².